The van der Waals surface area contributed by atoms with E-state index in [-0.39, 0.29) is 6.42 Å². The van der Waals surface area contributed by atoms with Gasteiger partial charge in [-0.1, -0.05) is 24.3 Å². The lowest BCUT2D eigenvalue weighted by Gasteiger charge is -2.03. The maximum atomic E-state index is 10.2. The molecule has 0 aromatic heterocycles. The Balaban J connectivity index is 3.47. The van der Waals surface area contributed by atoms with Crippen LogP contribution < -0.4 is 0 Å². The standard InChI is InChI=1S/C10H16O3/c1-2-3-4-5-6-7-9(11)8-10(12)13/h2-5,9,11H,6-8H2,1H3,(H,12,13)/b3-2+,5-4+. The summed E-state index contributed by atoms with van der Waals surface area (Å²) in [5, 5.41) is 17.5. The third-order valence-corrected chi connectivity index (χ3v) is 1.52. The molecule has 2 N–H and O–H groups in total. The molecule has 0 bridgehead atoms. The number of hydrogen-bond donors (Lipinski definition) is 2. The summed E-state index contributed by atoms with van der Waals surface area (Å²) in [5.74, 6) is -0.954. The van der Waals surface area contributed by atoms with E-state index in [0.717, 1.165) is 0 Å². The van der Waals surface area contributed by atoms with Gasteiger partial charge in [0.05, 0.1) is 12.5 Å². The normalized spacial score (nSPS) is 14.0. The van der Waals surface area contributed by atoms with Crippen LogP contribution in [0.5, 0.6) is 0 Å². The maximum absolute atomic E-state index is 10.2. The number of allylic oxidation sites excluding steroid dienone is 4. The van der Waals surface area contributed by atoms with Crippen molar-refractivity contribution in [2.75, 3.05) is 0 Å². The fourth-order valence-electron chi connectivity index (χ4n) is 0.878. The minimum absolute atomic E-state index is 0.169. The van der Waals surface area contributed by atoms with E-state index in [1.807, 2.05) is 31.2 Å². The second kappa shape index (κ2) is 7.55. The van der Waals surface area contributed by atoms with Crippen molar-refractivity contribution in [2.24, 2.45) is 0 Å². The Bertz CT molecular complexity index is 194. The maximum Gasteiger partial charge on any atom is 0.305 e. The van der Waals surface area contributed by atoms with E-state index in [1.165, 1.54) is 0 Å². The first-order chi connectivity index (χ1) is 6.16. The molecule has 0 amide bonds. The van der Waals surface area contributed by atoms with E-state index in [1.54, 1.807) is 0 Å². The lowest BCUT2D eigenvalue weighted by molar-refractivity contribution is -0.139. The highest BCUT2D eigenvalue weighted by Crippen LogP contribution is 2.02. The summed E-state index contributed by atoms with van der Waals surface area (Å²) in [5.41, 5.74) is 0. The average Bonchev–Trinajstić information content (AvgIpc) is 2.02. The van der Waals surface area contributed by atoms with Gasteiger partial charge in [-0.2, -0.15) is 0 Å². The second-order valence-corrected chi connectivity index (χ2v) is 2.78. The number of rotatable bonds is 6. The van der Waals surface area contributed by atoms with E-state index in [4.69, 9.17) is 10.2 Å². The summed E-state index contributed by atoms with van der Waals surface area (Å²) in [4.78, 5) is 10.2. The monoisotopic (exact) mass is 184 g/mol. The van der Waals surface area contributed by atoms with Crippen molar-refractivity contribution >= 4 is 5.97 Å². The molecule has 0 radical (unpaired) electrons. The van der Waals surface area contributed by atoms with Gasteiger partial charge in [0, 0.05) is 0 Å². The van der Waals surface area contributed by atoms with E-state index in [0.29, 0.717) is 12.8 Å². The smallest absolute Gasteiger partial charge is 0.305 e. The lowest BCUT2D eigenvalue weighted by atomic mass is 10.1. The van der Waals surface area contributed by atoms with Gasteiger partial charge in [-0.3, -0.25) is 4.79 Å². The molecule has 0 saturated carbocycles. The molecule has 0 fully saturated rings. The van der Waals surface area contributed by atoms with Crippen LogP contribution in [0, 0.1) is 0 Å². The summed E-state index contributed by atoms with van der Waals surface area (Å²) in [6, 6.07) is 0. The Morgan fingerprint density at radius 1 is 1.46 bits per heavy atom. The topological polar surface area (TPSA) is 57.5 Å². The molecule has 0 aliphatic carbocycles. The second-order valence-electron chi connectivity index (χ2n) is 2.78. The highest BCUT2D eigenvalue weighted by Gasteiger charge is 2.07. The number of carboxylic acids is 1. The lowest BCUT2D eigenvalue weighted by Crippen LogP contribution is -2.11. The van der Waals surface area contributed by atoms with Crippen LogP contribution in [-0.4, -0.2) is 22.3 Å². The zero-order valence-electron chi connectivity index (χ0n) is 7.81. The number of carboxylic acid groups (broad SMARTS) is 1. The van der Waals surface area contributed by atoms with E-state index in [2.05, 4.69) is 0 Å². The van der Waals surface area contributed by atoms with Crippen molar-refractivity contribution in [1.82, 2.24) is 0 Å². The first-order valence-electron chi connectivity index (χ1n) is 4.34. The Kier molecular flexibility index (Phi) is 6.92. The van der Waals surface area contributed by atoms with Gasteiger partial charge in [-0.05, 0) is 19.8 Å². The first kappa shape index (κ1) is 11.9. The molecule has 3 nitrogen and oxygen atoms in total. The van der Waals surface area contributed by atoms with Gasteiger partial charge in [0.1, 0.15) is 0 Å². The minimum atomic E-state index is -0.954. The number of carbonyl (C=O) groups is 1. The van der Waals surface area contributed by atoms with Crippen LogP contribution in [0.2, 0.25) is 0 Å². The van der Waals surface area contributed by atoms with Crippen LogP contribution >= 0.6 is 0 Å². The molecule has 0 aliphatic rings. The van der Waals surface area contributed by atoms with Gasteiger partial charge in [-0.15, -0.1) is 0 Å². The summed E-state index contributed by atoms with van der Waals surface area (Å²) in [6.45, 7) is 1.92. The Labute approximate surface area is 78.4 Å². The summed E-state index contributed by atoms with van der Waals surface area (Å²) >= 11 is 0. The van der Waals surface area contributed by atoms with Crippen LogP contribution in [0.3, 0.4) is 0 Å². The summed E-state index contributed by atoms with van der Waals surface area (Å²) < 4.78 is 0. The fourth-order valence-corrected chi connectivity index (χ4v) is 0.878. The number of hydrogen-bond acceptors (Lipinski definition) is 2. The van der Waals surface area contributed by atoms with Gasteiger partial charge in [0.25, 0.3) is 0 Å². The quantitative estimate of drug-likeness (QED) is 0.618. The fraction of sp³-hybridized carbons (Fsp3) is 0.500. The number of aliphatic hydroxyl groups is 1. The molecule has 0 aliphatic heterocycles. The van der Waals surface area contributed by atoms with Gasteiger partial charge >= 0.3 is 5.97 Å². The van der Waals surface area contributed by atoms with Crippen LogP contribution in [0.25, 0.3) is 0 Å². The SMILES string of the molecule is C/C=C/C=C/CCC(O)CC(=O)O. The Morgan fingerprint density at radius 2 is 2.15 bits per heavy atom. The zero-order valence-corrected chi connectivity index (χ0v) is 7.81. The first-order valence-corrected chi connectivity index (χ1v) is 4.34. The van der Waals surface area contributed by atoms with Crippen molar-refractivity contribution < 1.29 is 15.0 Å². The molecule has 0 spiro atoms. The van der Waals surface area contributed by atoms with Crippen molar-refractivity contribution in [3.8, 4) is 0 Å². The predicted octanol–water partition coefficient (Wildman–Crippen LogP) is 1.73. The van der Waals surface area contributed by atoms with Crippen molar-refractivity contribution in [2.45, 2.75) is 32.3 Å². The number of aliphatic carboxylic acids is 1. The third-order valence-electron chi connectivity index (χ3n) is 1.52. The van der Waals surface area contributed by atoms with Crippen molar-refractivity contribution in [1.29, 1.82) is 0 Å². The molecular weight excluding hydrogens is 168 g/mol. The summed E-state index contributed by atoms with van der Waals surface area (Å²) in [7, 11) is 0. The molecule has 1 atom stereocenters. The van der Waals surface area contributed by atoms with Crippen molar-refractivity contribution in [3.63, 3.8) is 0 Å². The minimum Gasteiger partial charge on any atom is -0.481 e. The van der Waals surface area contributed by atoms with Gasteiger partial charge in [0.2, 0.25) is 0 Å². The predicted molar refractivity (Wildman–Crippen MR) is 51.4 cm³/mol. The molecule has 0 aromatic carbocycles. The Morgan fingerprint density at radius 3 is 2.69 bits per heavy atom. The highest BCUT2D eigenvalue weighted by atomic mass is 16.4. The van der Waals surface area contributed by atoms with Crippen molar-refractivity contribution in [3.05, 3.63) is 24.3 Å². The largest absolute Gasteiger partial charge is 0.481 e. The molecule has 13 heavy (non-hydrogen) atoms. The molecule has 74 valence electrons. The Hall–Kier alpha value is -1.09. The van der Waals surface area contributed by atoms with Gasteiger partial charge in [0.15, 0.2) is 0 Å². The molecule has 0 aromatic rings. The summed E-state index contributed by atoms with van der Waals surface area (Å²) in [6.07, 6.45) is 7.90. The number of aliphatic hydroxyl groups excluding tert-OH is 1. The van der Waals surface area contributed by atoms with Crippen LogP contribution in [0.4, 0.5) is 0 Å². The molecule has 0 saturated heterocycles. The molecule has 0 heterocycles. The zero-order chi connectivity index (χ0) is 10.1. The molecular formula is C10H16O3. The van der Waals surface area contributed by atoms with Gasteiger partial charge in [-0.25, -0.2) is 0 Å². The molecule has 0 rings (SSSR count). The average molecular weight is 184 g/mol. The van der Waals surface area contributed by atoms with Crippen LogP contribution in [0.15, 0.2) is 24.3 Å². The van der Waals surface area contributed by atoms with E-state index >= 15 is 0 Å². The van der Waals surface area contributed by atoms with Gasteiger partial charge < -0.3 is 10.2 Å². The highest BCUT2D eigenvalue weighted by molar-refractivity contribution is 5.67. The molecule has 3 heteroatoms. The van der Waals surface area contributed by atoms with Crippen LogP contribution in [0.1, 0.15) is 26.2 Å². The third kappa shape index (κ3) is 8.82. The van der Waals surface area contributed by atoms with E-state index < -0.39 is 12.1 Å². The van der Waals surface area contributed by atoms with E-state index in [9.17, 15) is 4.79 Å². The van der Waals surface area contributed by atoms with Crippen LogP contribution in [-0.2, 0) is 4.79 Å². The molecule has 1 unspecified atom stereocenters.